The van der Waals surface area contributed by atoms with Gasteiger partial charge in [-0.1, -0.05) is 48.0 Å². The lowest BCUT2D eigenvalue weighted by molar-refractivity contribution is 0.471. The van der Waals surface area contributed by atoms with Crippen molar-refractivity contribution in [2.45, 2.75) is 13.0 Å². The molecule has 5 heteroatoms. The minimum Gasteiger partial charge on any atom is -0.505 e. The number of benzene rings is 2. The molecule has 134 valence electrons. The van der Waals surface area contributed by atoms with E-state index in [0.29, 0.717) is 16.1 Å². The van der Waals surface area contributed by atoms with Gasteiger partial charge >= 0.3 is 0 Å². The van der Waals surface area contributed by atoms with Gasteiger partial charge in [-0.3, -0.25) is 4.98 Å². The van der Waals surface area contributed by atoms with E-state index in [9.17, 15) is 5.11 Å². The Kier molecular flexibility index (Phi) is 4.65. The smallest absolute Gasteiger partial charge is 0.147 e. The van der Waals surface area contributed by atoms with Crippen molar-refractivity contribution in [3.05, 3.63) is 94.9 Å². The first-order valence-electron chi connectivity index (χ1n) is 8.63. The molecule has 4 nitrogen and oxygen atoms in total. The first-order chi connectivity index (χ1) is 13.1. The normalized spacial score (nSPS) is 12.1. The standard InChI is InChI=1S/C22H18ClN3O/c1-14-8-9-15-10-11-17(22(27)21(15)25-14)20(16-5-4-12-24-13-16)26-19-7-3-2-6-18(19)23/h2-13,20,26-27H,1H3. The Morgan fingerprint density at radius 3 is 2.59 bits per heavy atom. The highest BCUT2D eigenvalue weighted by Gasteiger charge is 2.21. The maximum Gasteiger partial charge on any atom is 0.147 e. The number of aromatic hydroxyl groups is 1. The zero-order valence-electron chi connectivity index (χ0n) is 14.7. The minimum atomic E-state index is -0.328. The van der Waals surface area contributed by atoms with Crippen LogP contribution in [0.5, 0.6) is 5.75 Å². The fourth-order valence-electron chi connectivity index (χ4n) is 3.14. The van der Waals surface area contributed by atoms with Crippen LogP contribution in [0.15, 0.2) is 73.1 Å². The number of aromatic nitrogens is 2. The van der Waals surface area contributed by atoms with Gasteiger partial charge in [0.25, 0.3) is 0 Å². The number of pyridine rings is 2. The van der Waals surface area contributed by atoms with E-state index in [1.165, 1.54) is 0 Å². The third-order valence-corrected chi connectivity index (χ3v) is 4.84. The number of phenols is 1. The van der Waals surface area contributed by atoms with Crippen molar-refractivity contribution in [2.24, 2.45) is 0 Å². The number of rotatable bonds is 4. The molecule has 4 rings (SSSR count). The minimum absolute atomic E-state index is 0.157. The van der Waals surface area contributed by atoms with Crippen LogP contribution in [0, 0.1) is 6.92 Å². The van der Waals surface area contributed by atoms with E-state index < -0.39 is 0 Å². The van der Waals surface area contributed by atoms with Crippen molar-refractivity contribution >= 4 is 28.2 Å². The summed E-state index contributed by atoms with van der Waals surface area (Å²) in [5.74, 6) is 0.157. The van der Waals surface area contributed by atoms with Gasteiger partial charge in [-0.2, -0.15) is 0 Å². The average Bonchev–Trinajstić information content (AvgIpc) is 2.69. The number of para-hydroxylation sites is 1. The molecule has 0 radical (unpaired) electrons. The first-order valence-corrected chi connectivity index (χ1v) is 9.01. The first kappa shape index (κ1) is 17.3. The molecule has 2 aromatic carbocycles. The number of hydrogen-bond acceptors (Lipinski definition) is 4. The van der Waals surface area contributed by atoms with Crippen LogP contribution in [0.1, 0.15) is 22.9 Å². The number of anilines is 1. The molecular formula is C22H18ClN3O. The van der Waals surface area contributed by atoms with Crippen LogP contribution < -0.4 is 5.32 Å². The third kappa shape index (κ3) is 3.44. The van der Waals surface area contributed by atoms with Crippen molar-refractivity contribution < 1.29 is 5.11 Å². The van der Waals surface area contributed by atoms with Crippen molar-refractivity contribution in [1.29, 1.82) is 0 Å². The van der Waals surface area contributed by atoms with Crippen molar-refractivity contribution in [3.8, 4) is 5.75 Å². The largest absolute Gasteiger partial charge is 0.505 e. The summed E-state index contributed by atoms with van der Waals surface area (Å²) >= 11 is 6.35. The van der Waals surface area contributed by atoms with E-state index in [-0.39, 0.29) is 11.8 Å². The Hall–Kier alpha value is -3.11. The predicted octanol–water partition coefficient (Wildman–Crippen LogP) is 5.50. The Balaban J connectivity index is 1.87. The SMILES string of the molecule is Cc1ccc2ccc(C(Nc3ccccc3Cl)c3cccnc3)c(O)c2n1. The molecule has 0 spiro atoms. The second-order valence-electron chi connectivity index (χ2n) is 6.37. The summed E-state index contributed by atoms with van der Waals surface area (Å²) in [5.41, 5.74) is 3.85. The summed E-state index contributed by atoms with van der Waals surface area (Å²) in [6, 6.07) is 18.8. The summed E-state index contributed by atoms with van der Waals surface area (Å²) in [5, 5.41) is 15.9. The zero-order valence-corrected chi connectivity index (χ0v) is 15.5. The molecule has 2 N–H and O–H groups in total. The van der Waals surface area contributed by atoms with Gasteiger partial charge in [0.15, 0.2) is 0 Å². The number of hydrogen-bond donors (Lipinski definition) is 2. The van der Waals surface area contributed by atoms with Gasteiger partial charge in [0.05, 0.1) is 16.8 Å². The molecule has 1 unspecified atom stereocenters. The molecule has 0 amide bonds. The van der Waals surface area contributed by atoms with Crippen molar-refractivity contribution in [1.82, 2.24) is 9.97 Å². The van der Waals surface area contributed by atoms with E-state index >= 15 is 0 Å². The second kappa shape index (κ2) is 7.25. The van der Waals surface area contributed by atoms with E-state index in [1.54, 1.807) is 12.4 Å². The number of nitrogens with zero attached hydrogens (tertiary/aromatic N) is 2. The van der Waals surface area contributed by atoms with Gasteiger partial charge < -0.3 is 10.4 Å². The third-order valence-electron chi connectivity index (χ3n) is 4.51. The maximum absolute atomic E-state index is 11.0. The molecule has 2 heterocycles. The average molecular weight is 376 g/mol. The van der Waals surface area contributed by atoms with E-state index in [4.69, 9.17) is 11.6 Å². The van der Waals surface area contributed by atoms with E-state index in [0.717, 1.165) is 22.3 Å². The molecule has 1 atom stereocenters. The van der Waals surface area contributed by atoms with Gasteiger partial charge in [0.2, 0.25) is 0 Å². The van der Waals surface area contributed by atoms with Crippen LogP contribution >= 0.6 is 11.6 Å². The second-order valence-corrected chi connectivity index (χ2v) is 6.78. The highest BCUT2D eigenvalue weighted by molar-refractivity contribution is 6.33. The van der Waals surface area contributed by atoms with Crippen LogP contribution in [-0.4, -0.2) is 15.1 Å². The highest BCUT2D eigenvalue weighted by Crippen LogP contribution is 2.37. The summed E-state index contributed by atoms with van der Waals surface area (Å²) in [6.45, 7) is 1.91. The number of nitrogens with one attached hydrogen (secondary N) is 1. The van der Waals surface area contributed by atoms with Crippen molar-refractivity contribution in [2.75, 3.05) is 5.32 Å². The van der Waals surface area contributed by atoms with Crippen LogP contribution in [0.25, 0.3) is 10.9 Å². The Morgan fingerprint density at radius 2 is 1.81 bits per heavy atom. The fourth-order valence-corrected chi connectivity index (χ4v) is 3.33. The molecule has 0 saturated carbocycles. The molecule has 0 bridgehead atoms. The van der Waals surface area contributed by atoms with Crippen LogP contribution in [0.4, 0.5) is 5.69 Å². The topological polar surface area (TPSA) is 58.0 Å². The Bertz CT molecular complexity index is 1100. The van der Waals surface area contributed by atoms with Crippen LogP contribution in [0.2, 0.25) is 5.02 Å². The zero-order chi connectivity index (χ0) is 18.8. The van der Waals surface area contributed by atoms with Crippen molar-refractivity contribution in [3.63, 3.8) is 0 Å². The highest BCUT2D eigenvalue weighted by atomic mass is 35.5. The lowest BCUT2D eigenvalue weighted by Crippen LogP contribution is -2.13. The van der Waals surface area contributed by atoms with E-state index in [2.05, 4.69) is 15.3 Å². The monoisotopic (exact) mass is 375 g/mol. The number of halogens is 1. The Morgan fingerprint density at radius 1 is 1.00 bits per heavy atom. The van der Waals surface area contributed by atoms with Gasteiger partial charge in [0.1, 0.15) is 11.3 Å². The van der Waals surface area contributed by atoms with Crippen LogP contribution in [-0.2, 0) is 0 Å². The lowest BCUT2D eigenvalue weighted by atomic mass is 9.97. The van der Waals surface area contributed by atoms with Crippen LogP contribution in [0.3, 0.4) is 0 Å². The lowest BCUT2D eigenvalue weighted by Gasteiger charge is -2.23. The number of phenolic OH excluding ortho intramolecular Hbond substituents is 1. The molecular weight excluding hydrogens is 358 g/mol. The molecule has 0 aliphatic heterocycles. The predicted molar refractivity (Wildman–Crippen MR) is 109 cm³/mol. The van der Waals surface area contributed by atoms with Gasteiger partial charge in [-0.15, -0.1) is 0 Å². The summed E-state index contributed by atoms with van der Waals surface area (Å²) in [6.07, 6.45) is 3.50. The van der Waals surface area contributed by atoms with Gasteiger partial charge in [-0.05, 0) is 36.8 Å². The maximum atomic E-state index is 11.0. The quantitative estimate of drug-likeness (QED) is 0.494. The summed E-state index contributed by atoms with van der Waals surface area (Å²) in [4.78, 5) is 8.75. The summed E-state index contributed by atoms with van der Waals surface area (Å²) in [7, 11) is 0. The Labute approximate surface area is 162 Å². The molecule has 27 heavy (non-hydrogen) atoms. The van der Waals surface area contributed by atoms with E-state index in [1.807, 2.05) is 67.6 Å². The van der Waals surface area contributed by atoms with Gasteiger partial charge in [0, 0.05) is 29.0 Å². The molecule has 0 saturated heterocycles. The van der Waals surface area contributed by atoms with Gasteiger partial charge in [-0.25, -0.2) is 4.98 Å². The molecule has 4 aromatic rings. The molecule has 2 aromatic heterocycles. The number of aryl methyl sites for hydroxylation is 1. The number of fused-ring (bicyclic) bond motifs is 1. The fraction of sp³-hybridized carbons (Fsp3) is 0.0909. The molecule has 0 fully saturated rings. The molecule has 0 aliphatic rings. The molecule has 0 aliphatic carbocycles. The summed E-state index contributed by atoms with van der Waals surface area (Å²) < 4.78 is 0.